The van der Waals surface area contributed by atoms with Gasteiger partial charge in [0.25, 0.3) is 5.91 Å². The van der Waals surface area contributed by atoms with Crippen molar-refractivity contribution in [3.05, 3.63) is 40.3 Å². The molecule has 0 radical (unpaired) electrons. The Hall–Kier alpha value is -2.17. The lowest BCUT2D eigenvalue weighted by molar-refractivity contribution is 0.0766. The van der Waals surface area contributed by atoms with Crippen molar-refractivity contribution in [3.8, 4) is 0 Å². The third-order valence-corrected chi connectivity index (χ3v) is 7.59. The fourth-order valence-corrected chi connectivity index (χ4v) is 5.71. The average Bonchev–Trinajstić information content (AvgIpc) is 3.19. The van der Waals surface area contributed by atoms with Crippen molar-refractivity contribution in [2.45, 2.75) is 25.2 Å². The predicted molar refractivity (Wildman–Crippen MR) is 112 cm³/mol. The molecule has 162 valence electrons. The van der Waals surface area contributed by atoms with Crippen LogP contribution in [0, 0.1) is 11.2 Å². The number of nitrogen functional groups attached to an aromatic ring is 1. The zero-order chi connectivity index (χ0) is 21.8. The second-order valence-corrected chi connectivity index (χ2v) is 10.7. The van der Waals surface area contributed by atoms with Crippen LogP contribution in [-0.4, -0.2) is 47.8 Å². The van der Waals surface area contributed by atoms with Crippen molar-refractivity contribution in [3.63, 3.8) is 0 Å². The first-order valence-corrected chi connectivity index (χ1v) is 11.8. The van der Waals surface area contributed by atoms with Crippen LogP contribution in [0.1, 0.15) is 41.2 Å². The van der Waals surface area contributed by atoms with Crippen molar-refractivity contribution in [2.24, 2.45) is 12.5 Å². The Bertz CT molecular complexity index is 1130. The summed E-state index contributed by atoms with van der Waals surface area (Å²) < 4.78 is 39.8. The SMILES string of the molecule is Cn1nc(C2CCC3(C2)CN(S(C)(=O)=O)C3)c(C(=O)Nc2ccc(F)c(Cl)c2)c1N. The van der Waals surface area contributed by atoms with Crippen LogP contribution in [0.15, 0.2) is 18.2 Å². The molecule has 1 saturated carbocycles. The van der Waals surface area contributed by atoms with Gasteiger partial charge in [0.05, 0.1) is 17.0 Å². The van der Waals surface area contributed by atoms with Gasteiger partial charge in [-0.05, 0) is 42.9 Å². The van der Waals surface area contributed by atoms with Gasteiger partial charge in [-0.2, -0.15) is 5.10 Å². The number of rotatable bonds is 4. The summed E-state index contributed by atoms with van der Waals surface area (Å²) in [5.74, 6) is -0.766. The molecule has 1 unspecified atom stereocenters. The Balaban J connectivity index is 1.55. The number of amides is 1. The molecule has 2 aromatic rings. The van der Waals surface area contributed by atoms with Crippen LogP contribution in [0.2, 0.25) is 5.02 Å². The number of hydrogen-bond acceptors (Lipinski definition) is 5. The lowest BCUT2D eigenvalue weighted by atomic mass is 9.79. The number of sulfonamides is 1. The summed E-state index contributed by atoms with van der Waals surface area (Å²) in [6, 6.07) is 3.93. The van der Waals surface area contributed by atoms with Crippen LogP contribution in [0.3, 0.4) is 0 Å². The third-order valence-electron chi connectivity index (χ3n) is 6.10. The molecular weight excluding hydrogens is 433 g/mol. The van der Waals surface area contributed by atoms with Gasteiger partial charge in [0.1, 0.15) is 17.2 Å². The second kappa shape index (κ2) is 7.21. The first-order valence-electron chi connectivity index (χ1n) is 9.53. The number of anilines is 2. The normalized spacial score (nSPS) is 21.0. The van der Waals surface area contributed by atoms with E-state index in [0.29, 0.717) is 30.0 Å². The number of halogens is 2. The number of carbonyl (C=O) groups is 1. The highest BCUT2D eigenvalue weighted by Crippen LogP contribution is 2.52. The van der Waals surface area contributed by atoms with E-state index in [-0.39, 0.29) is 22.2 Å². The molecule has 1 aliphatic heterocycles. The first-order chi connectivity index (χ1) is 14.0. The molecule has 11 heteroatoms. The molecule has 1 aromatic carbocycles. The van der Waals surface area contributed by atoms with Gasteiger partial charge in [-0.15, -0.1) is 0 Å². The molecule has 1 aromatic heterocycles. The van der Waals surface area contributed by atoms with Gasteiger partial charge in [0, 0.05) is 31.7 Å². The number of benzene rings is 1. The zero-order valence-corrected chi connectivity index (χ0v) is 18.2. The van der Waals surface area contributed by atoms with Gasteiger partial charge in [-0.1, -0.05) is 11.6 Å². The van der Waals surface area contributed by atoms with Crippen LogP contribution in [0.5, 0.6) is 0 Å². The van der Waals surface area contributed by atoms with Crippen molar-refractivity contribution >= 4 is 39.0 Å². The van der Waals surface area contributed by atoms with Gasteiger partial charge < -0.3 is 11.1 Å². The molecule has 30 heavy (non-hydrogen) atoms. The standard InChI is InChI=1S/C19H23ClFN5O3S/c1-25-17(22)15(18(27)23-12-3-4-14(21)13(20)7-12)16(24-25)11-5-6-19(8-11)9-26(10-19)30(2,28)29/h3-4,7,11H,5-6,8-10,22H2,1-2H3,(H,23,27). The van der Waals surface area contributed by atoms with Crippen molar-refractivity contribution in [2.75, 3.05) is 30.4 Å². The van der Waals surface area contributed by atoms with Crippen molar-refractivity contribution in [1.29, 1.82) is 0 Å². The second-order valence-electron chi connectivity index (χ2n) is 8.32. The van der Waals surface area contributed by atoms with Crippen LogP contribution < -0.4 is 11.1 Å². The molecule has 4 rings (SSSR count). The molecular formula is C19H23ClFN5O3S. The van der Waals surface area contributed by atoms with Gasteiger partial charge in [-0.25, -0.2) is 17.1 Å². The fraction of sp³-hybridized carbons (Fsp3) is 0.474. The lowest BCUT2D eigenvalue weighted by Gasteiger charge is -2.46. The number of aromatic nitrogens is 2. The fourth-order valence-electron chi connectivity index (χ4n) is 4.51. The van der Waals surface area contributed by atoms with E-state index in [0.717, 1.165) is 19.3 Å². The van der Waals surface area contributed by atoms with Crippen LogP contribution in [0.4, 0.5) is 15.9 Å². The Morgan fingerprint density at radius 2 is 2.10 bits per heavy atom. The van der Waals surface area contributed by atoms with Crippen molar-refractivity contribution < 1.29 is 17.6 Å². The Labute approximate surface area is 179 Å². The number of nitrogens with two attached hydrogens (primary N) is 1. The van der Waals surface area contributed by atoms with E-state index in [9.17, 15) is 17.6 Å². The summed E-state index contributed by atoms with van der Waals surface area (Å²) in [5, 5.41) is 7.11. The maximum absolute atomic E-state index is 13.4. The van der Waals surface area contributed by atoms with E-state index in [4.69, 9.17) is 17.3 Å². The average molecular weight is 456 g/mol. The van der Waals surface area contributed by atoms with E-state index in [2.05, 4.69) is 10.4 Å². The summed E-state index contributed by atoms with van der Waals surface area (Å²) in [7, 11) is -1.51. The Morgan fingerprint density at radius 1 is 1.40 bits per heavy atom. The van der Waals surface area contributed by atoms with Gasteiger partial charge in [0.2, 0.25) is 10.0 Å². The number of aryl methyl sites for hydroxylation is 1. The Morgan fingerprint density at radius 3 is 2.73 bits per heavy atom. The maximum Gasteiger partial charge on any atom is 0.261 e. The molecule has 8 nitrogen and oxygen atoms in total. The smallest absolute Gasteiger partial charge is 0.261 e. The zero-order valence-electron chi connectivity index (χ0n) is 16.7. The highest BCUT2D eigenvalue weighted by Gasteiger charge is 2.52. The summed E-state index contributed by atoms with van der Waals surface area (Å²) in [6.45, 7) is 1.00. The molecule has 1 amide bonds. The molecule has 1 saturated heterocycles. The van der Waals surface area contributed by atoms with Crippen LogP contribution in [-0.2, 0) is 17.1 Å². The minimum atomic E-state index is -3.19. The molecule has 3 N–H and O–H groups in total. The highest BCUT2D eigenvalue weighted by molar-refractivity contribution is 7.88. The lowest BCUT2D eigenvalue weighted by Crippen LogP contribution is -2.56. The summed E-state index contributed by atoms with van der Waals surface area (Å²) in [5.41, 5.74) is 7.32. The maximum atomic E-state index is 13.4. The molecule has 2 aliphatic rings. The first kappa shape index (κ1) is 21.1. The van der Waals surface area contributed by atoms with E-state index in [1.807, 2.05) is 0 Å². The van der Waals surface area contributed by atoms with Gasteiger partial charge in [0.15, 0.2) is 0 Å². The van der Waals surface area contributed by atoms with Crippen molar-refractivity contribution in [1.82, 2.24) is 14.1 Å². The van der Waals surface area contributed by atoms with Gasteiger partial charge >= 0.3 is 0 Å². The van der Waals surface area contributed by atoms with Gasteiger partial charge in [-0.3, -0.25) is 9.48 Å². The summed E-state index contributed by atoms with van der Waals surface area (Å²) in [6.07, 6.45) is 3.64. The third kappa shape index (κ3) is 3.67. The molecule has 0 bridgehead atoms. The monoisotopic (exact) mass is 455 g/mol. The van der Waals surface area contributed by atoms with Crippen LogP contribution >= 0.6 is 11.6 Å². The predicted octanol–water partition coefficient (Wildman–Crippen LogP) is 2.58. The molecule has 1 atom stereocenters. The summed E-state index contributed by atoms with van der Waals surface area (Å²) >= 11 is 5.80. The Kier molecular flexibility index (Phi) is 5.06. The molecule has 2 fully saturated rings. The topological polar surface area (TPSA) is 110 Å². The van der Waals surface area contributed by atoms with E-state index >= 15 is 0 Å². The minimum absolute atomic E-state index is 0.00719. The molecule has 2 heterocycles. The highest BCUT2D eigenvalue weighted by atomic mass is 35.5. The largest absolute Gasteiger partial charge is 0.383 e. The number of nitrogens with zero attached hydrogens (tertiary/aromatic N) is 3. The summed E-state index contributed by atoms with van der Waals surface area (Å²) in [4.78, 5) is 13.0. The van der Waals surface area contributed by atoms with Crippen LogP contribution in [0.25, 0.3) is 0 Å². The van der Waals surface area contributed by atoms with E-state index < -0.39 is 21.7 Å². The number of nitrogens with one attached hydrogen (secondary N) is 1. The minimum Gasteiger partial charge on any atom is -0.383 e. The number of hydrogen-bond donors (Lipinski definition) is 2. The van der Waals surface area contributed by atoms with E-state index in [1.165, 1.54) is 33.4 Å². The molecule has 1 spiro atoms. The number of carbonyl (C=O) groups excluding carboxylic acids is 1. The van der Waals surface area contributed by atoms with E-state index in [1.54, 1.807) is 7.05 Å². The quantitative estimate of drug-likeness (QED) is 0.736. The molecule has 1 aliphatic carbocycles.